The number of hydrogen-bond acceptors (Lipinski definition) is 12. The second-order valence-electron chi connectivity index (χ2n) is 0.192. The first-order chi connectivity index (χ1) is 2.83. The number of carboxylic acid groups (broad SMARTS) is 2. The van der Waals surface area contributed by atoms with E-state index in [1.807, 2.05) is 0 Å². The third-order valence-corrected chi connectivity index (χ3v) is 0. The van der Waals surface area contributed by atoms with Crippen molar-refractivity contribution < 1.29 is 101 Å². The van der Waals surface area contributed by atoms with Crippen molar-refractivity contribution >= 4 is 12.9 Å². The third kappa shape index (κ3) is 12100. The fraction of sp³-hybridized carbons (Fsp3) is 0. The molecule has 0 heterocycles. The van der Waals surface area contributed by atoms with Gasteiger partial charge in [0.2, 0.25) is 0 Å². The summed E-state index contributed by atoms with van der Waals surface area (Å²) >= 11 is 0. The summed E-state index contributed by atoms with van der Waals surface area (Å²) in [5, 5.41) is 16.5. The Morgan fingerprint density at radius 3 is 0.550 bits per heavy atom. The predicted octanol–water partition coefficient (Wildman–Crippen LogP) is -11.1. The standard InChI is InChI=1S/2CH2O2.3ClH.8H3N.O.2Ru/c2*2-1-3;;;;;;;;;;;;;;/h2*1H,(H,2,3);3*1H;8*1H3;;;/q;;;;;;;;;;;;;-2;;+4/p-5. The third-order valence-electron chi connectivity index (χ3n) is 0. The molecule has 0 saturated heterocycles. The molecule has 0 fully saturated rings. The van der Waals surface area contributed by atoms with Crippen LogP contribution in [0.1, 0.15) is 0 Å². The van der Waals surface area contributed by atoms with Crippen LogP contribution in [0.2, 0.25) is 0 Å². The van der Waals surface area contributed by atoms with Gasteiger partial charge in [-0.05, 0) is 0 Å². The quantitative estimate of drug-likeness (QED) is 0.103. The van der Waals surface area contributed by atoms with Crippen molar-refractivity contribution in [1.29, 1.82) is 0 Å². The summed E-state index contributed by atoms with van der Waals surface area (Å²) in [6, 6.07) is 0. The molecule has 0 aliphatic rings. The summed E-state index contributed by atoms with van der Waals surface area (Å²) in [7, 11) is 0. The normalized spacial score (nSPS) is 1.20. The molecule has 0 aromatic carbocycles. The fourth-order valence-corrected chi connectivity index (χ4v) is 0. The molecule has 20 heavy (non-hydrogen) atoms. The molecule has 0 aromatic heterocycles. The van der Waals surface area contributed by atoms with Crippen molar-refractivity contribution in [2.75, 3.05) is 0 Å². The summed E-state index contributed by atoms with van der Waals surface area (Å²) in [6.07, 6.45) is 0. The van der Waals surface area contributed by atoms with Crippen LogP contribution in [0.5, 0.6) is 0 Å². The Kier molecular flexibility index (Phi) is 17200. The second kappa shape index (κ2) is 947. The first-order valence-corrected chi connectivity index (χ1v) is 0.943. The van der Waals surface area contributed by atoms with E-state index in [1.165, 1.54) is 0 Å². The Morgan fingerprint density at radius 2 is 0.550 bits per heavy atom. The second-order valence-corrected chi connectivity index (χ2v) is 0.192. The van der Waals surface area contributed by atoms with E-state index in [0.29, 0.717) is 0 Å². The summed E-state index contributed by atoms with van der Waals surface area (Å²) < 4.78 is 0. The molecule has 0 aliphatic carbocycles. The summed E-state index contributed by atoms with van der Waals surface area (Å²) in [5.41, 5.74) is 0. The molecule has 0 aliphatic heterocycles. The molecule has 0 saturated carbocycles. The van der Waals surface area contributed by atoms with Crippen molar-refractivity contribution in [1.82, 2.24) is 49.2 Å². The molecule has 13 nitrogen and oxygen atoms in total. The molecule has 0 rings (SSSR count). The zero-order chi connectivity index (χ0) is 5.41. The molecule has 0 spiro atoms. The van der Waals surface area contributed by atoms with Crippen LogP contribution in [0.3, 0.4) is 0 Å². The van der Waals surface area contributed by atoms with E-state index in [-0.39, 0.29) is 131 Å². The van der Waals surface area contributed by atoms with Gasteiger partial charge in [0.05, 0.1) is 0 Å². The average molecular weight is 551 g/mol. The van der Waals surface area contributed by atoms with Crippen molar-refractivity contribution in [2.24, 2.45) is 0 Å². The zero-order valence-corrected chi connectivity index (χ0v) is 16.4. The van der Waals surface area contributed by atoms with Crippen molar-refractivity contribution in [2.45, 2.75) is 0 Å². The van der Waals surface area contributed by atoms with E-state index in [9.17, 15) is 0 Å². The molecule has 0 aromatic rings. The Balaban J connectivity index is -0.000000000672. The van der Waals surface area contributed by atoms with Gasteiger partial charge in [0.1, 0.15) is 0 Å². The molecular weight excluding hydrogens is 525 g/mol. The smallest absolute Gasteiger partial charge is 2.00 e. The van der Waals surface area contributed by atoms with E-state index in [2.05, 4.69) is 0 Å². The zero-order valence-electron chi connectivity index (χ0n) is 10.7. The van der Waals surface area contributed by atoms with E-state index in [0.717, 1.165) is 0 Å². The van der Waals surface area contributed by atoms with Gasteiger partial charge in [-0.3, -0.25) is 0 Å². The summed E-state index contributed by atoms with van der Waals surface area (Å²) in [4.78, 5) is 16.5. The van der Waals surface area contributed by atoms with Gasteiger partial charge in [-0.25, -0.2) is 0 Å². The molecule has 24 N–H and O–H groups in total. The van der Waals surface area contributed by atoms with Crippen LogP contribution in [-0.2, 0) is 54.0 Å². The number of halogens is 3. The fourth-order valence-electron chi connectivity index (χ4n) is 0. The van der Waals surface area contributed by atoms with Crippen LogP contribution in [0.15, 0.2) is 0 Å². The molecule has 0 amide bonds. The first-order valence-electron chi connectivity index (χ1n) is 0.943. The molecule has 0 atom stereocenters. The molecule has 18 heteroatoms. The summed E-state index contributed by atoms with van der Waals surface area (Å²) in [6.45, 7) is -1.00. The van der Waals surface area contributed by atoms with E-state index in [4.69, 9.17) is 19.8 Å². The van der Waals surface area contributed by atoms with Gasteiger partial charge < -0.3 is 112 Å². The number of carbonyl (C=O) groups is 2. The average Bonchev–Trinajstić information content (AvgIpc) is 1.39. The van der Waals surface area contributed by atoms with Gasteiger partial charge in [-0.15, -0.1) is 0 Å². The van der Waals surface area contributed by atoms with Gasteiger partial charge in [0.25, 0.3) is 0 Å². The van der Waals surface area contributed by atoms with E-state index < -0.39 is 12.9 Å². The van der Waals surface area contributed by atoms with Crippen LogP contribution in [-0.4, -0.2) is 12.9 Å². The molecule has 0 radical (unpaired) electrons. The van der Waals surface area contributed by atoms with Gasteiger partial charge in [0, 0.05) is 32.4 Å². The van der Waals surface area contributed by atoms with E-state index in [1.54, 1.807) is 0 Å². The first kappa shape index (κ1) is 364. The van der Waals surface area contributed by atoms with Gasteiger partial charge >= 0.3 is 19.5 Å². The predicted molar refractivity (Wildman–Crippen MR) is 53.0 cm³/mol. The van der Waals surface area contributed by atoms with Crippen molar-refractivity contribution in [3.05, 3.63) is 0 Å². The minimum atomic E-state index is -0.500. The largest absolute Gasteiger partial charge is 4.00 e. The number of hydrogen-bond donors (Lipinski definition) is 8. The van der Waals surface area contributed by atoms with Crippen molar-refractivity contribution in [3.8, 4) is 0 Å². The Morgan fingerprint density at radius 1 is 0.550 bits per heavy atom. The van der Waals surface area contributed by atoms with Crippen LogP contribution in [0, 0.1) is 0 Å². The molecule has 0 bridgehead atoms. The van der Waals surface area contributed by atoms with Crippen LogP contribution >= 0.6 is 0 Å². The molecular formula is C2H26Cl3N8O5Ru2-3. The van der Waals surface area contributed by atoms with Crippen molar-refractivity contribution in [3.63, 3.8) is 0 Å². The van der Waals surface area contributed by atoms with Gasteiger partial charge in [0.15, 0.2) is 0 Å². The molecule has 0 unspecified atom stereocenters. The van der Waals surface area contributed by atoms with Gasteiger partial charge in [-0.1, -0.05) is 0 Å². The maximum atomic E-state index is 8.25. The number of rotatable bonds is 0. The maximum absolute atomic E-state index is 8.25. The minimum absolute atomic E-state index is 0. The summed E-state index contributed by atoms with van der Waals surface area (Å²) in [5.74, 6) is 0. The van der Waals surface area contributed by atoms with Crippen LogP contribution < -0.4 is 96.6 Å². The molecule has 144 valence electrons. The topological polar surface area (TPSA) is 389 Å². The maximum Gasteiger partial charge on any atom is 4.00 e. The Labute approximate surface area is 163 Å². The number of carbonyl (C=O) groups excluding carboxylic acids is 2. The minimum Gasteiger partial charge on any atom is -2.00 e. The van der Waals surface area contributed by atoms with Crippen LogP contribution in [0.25, 0.3) is 0 Å². The van der Waals surface area contributed by atoms with Crippen LogP contribution in [0.4, 0.5) is 0 Å². The van der Waals surface area contributed by atoms with Gasteiger partial charge in [-0.2, -0.15) is 0 Å². The monoisotopic (exact) mass is 551 g/mol. The van der Waals surface area contributed by atoms with E-state index >= 15 is 0 Å². The Hall–Kier alpha value is 0.697. The Bertz CT molecular complexity index is 63.1. The SMILES string of the molecule is N.N.N.N.N.N.N.N.O=C[O-].O=C[O-].[Cl-].[Cl-].[Cl-].[O-2].[Ru+4].[Ru].